The lowest BCUT2D eigenvalue weighted by molar-refractivity contribution is -0.149. The number of fused-ring (bicyclic) bond motifs is 1. The van der Waals surface area contributed by atoms with Gasteiger partial charge >= 0.3 is 5.97 Å². The lowest BCUT2D eigenvalue weighted by Gasteiger charge is -2.42. The Labute approximate surface area is 170 Å². The number of anilines is 2. The highest BCUT2D eigenvalue weighted by atomic mass is 16.5. The third-order valence-corrected chi connectivity index (χ3v) is 4.82. The van der Waals surface area contributed by atoms with Crippen LogP contribution < -0.4 is 10.2 Å². The average molecular weight is 392 g/mol. The van der Waals surface area contributed by atoms with Crippen LogP contribution in [-0.2, 0) is 19.1 Å². The van der Waals surface area contributed by atoms with Crippen LogP contribution in [0.25, 0.3) is 6.08 Å². The van der Waals surface area contributed by atoms with E-state index >= 15 is 0 Å². The lowest BCUT2D eigenvalue weighted by atomic mass is 9.95. The molecular formula is C23H24N2O4. The molecule has 0 fully saturated rings. The molecule has 150 valence electrons. The van der Waals surface area contributed by atoms with Gasteiger partial charge in [-0.2, -0.15) is 0 Å². The predicted molar refractivity (Wildman–Crippen MR) is 112 cm³/mol. The molecule has 1 N–H and O–H groups in total. The minimum Gasteiger partial charge on any atom is -0.449 e. The second-order valence-electron chi connectivity index (χ2n) is 7.53. The van der Waals surface area contributed by atoms with Gasteiger partial charge in [-0.05, 0) is 51.5 Å². The number of ether oxygens (including phenoxy) is 1. The molecule has 0 aromatic heterocycles. The van der Waals surface area contributed by atoms with E-state index in [0.717, 1.165) is 11.1 Å². The van der Waals surface area contributed by atoms with Crippen molar-refractivity contribution in [1.82, 2.24) is 0 Å². The number of carbonyl (C=O) groups excluding carboxylic acids is 3. The van der Waals surface area contributed by atoms with Gasteiger partial charge in [0.15, 0.2) is 6.10 Å². The molecule has 1 heterocycles. The molecule has 1 atom stereocenters. The van der Waals surface area contributed by atoms with Crippen molar-refractivity contribution in [3.8, 4) is 0 Å². The summed E-state index contributed by atoms with van der Waals surface area (Å²) < 4.78 is 5.31. The van der Waals surface area contributed by atoms with Crippen molar-refractivity contribution in [1.29, 1.82) is 0 Å². The van der Waals surface area contributed by atoms with Gasteiger partial charge in [-0.1, -0.05) is 42.0 Å². The number of carbonyl (C=O) groups is 3. The monoisotopic (exact) mass is 392 g/mol. The first-order valence-corrected chi connectivity index (χ1v) is 9.40. The normalized spacial score (nSPS) is 16.1. The summed E-state index contributed by atoms with van der Waals surface area (Å²) in [6.45, 7) is 6.78. The Morgan fingerprint density at radius 1 is 1.14 bits per heavy atom. The molecule has 2 aromatic carbocycles. The van der Waals surface area contributed by atoms with Gasteiger partial charge in [0.1, 0.15) is 5.54 Å². The molecule has 2 amide bonds. The van der Waals surface area contributed by atoms with Gasteiger partial charge in [-0.3, -0.25) is 14.5 Å². The number of nitrogens with zero attached hydrogens (tertiary/aromatic N) is 1. The molecule has 1 aliphatic rings. The highest BCUT2D eigenvalue weighted by Crippen LogP contribution is 2.37. The Hall–Kier alpha value is -3.41. The number of hydrogen-bond acceptors (Lipinski definition) is 4. The fourth-order valence-corrected chi connectivity index (χ4v) is 3.23. The zero-order valence-electron chi connectivity index (χ0n) is 16.9. The first kappa shape index (κ1) is 20.3. The van der Waals surface area contributed by atoms with Gasteiger partial charge in [0.2, 0.25) is 5.91 Å². The summed E-state index contributed by atoms with van der Waals surface area (Å²) in [5, 5.41) is 2.81. The van der Waals surface area contributed by atoms with E-state index in [0.29, 0.717) is 11.4 Å². The molecule has 0 aliphatic carbocycles. The summed E-state index contributed by atoms with van der Waals surface area (Å²) >= 11 is 0. The number of esters is 1. The molecule has 6 heteroatoms. The number of benzene rings is 2. The molecule has 1 aliphatic heterocycles. The number of aryl methyl sites for hydroxylation is 1. The van der Waals surface area contributed by atoms with E-state index in [-0.39, 0.29) is 5.91 Å². The maximum absolute atomic E-state index is 13.1. The van der Waals surface area contributed by atoms with Crippen LogP contribution in [0.1, 0.15) is 31.9 Å². The largest absolute Gasteiger partial charge is 0.449 e. The quantitative estimate of drug-likeness (QED) is 0.636. The topological polar surface area (TPSA) is 75.7 Å². The van der Waals surface area contributed by atoms with Gasteiger partial charge in [0.25, 0.3) is 5.91 Å². The van der Waals surface area contributed by atoms with E-state index in [9.17, 15) is 14.4 Å². The van der Waals surface area contributed by atoms with Crippen molar-refractivity contribution in [3.05, 3.63) is 65.7 Å². The maximum Gasteiger partial charge on any atom is 0.331 e. The first-order chi connectivity index (χ1) is 13.7. The number of rotatable bonds is 4. The van der Waals surface area contributed by atoms with Gasteiger partial charge in [0, 0.05) is 6.08 Å². The van der Waals surface area contributed by atoms with Crippen molar-refractivity contribution in [2.75, 3.05) is 10.2 Å². The fraction of sp³-hybridized carbons (Fsp3) is 0.261. The van der Waals surface area contributed by atoms with Crippen LogP contribution in [0.4, 0.5) is 11.4 Å². The Morgan fingerprint density at radius 2 is 1.86 bits per heavy atom. The Morgan fingerprint density at radius 3 is 2.59 bits per heavy atom. The molecule has 0 unspecified atom stereocenters. The first-order valence-electron chi connectivity index (χ1n) is 9.40. The fourth-order valence-electron chi connectivity index (χ4n) is 3.23. The minimum absolute atomic E-state index is 0.303. The molecule has 0 radical (unpaired) electrons. The highest BCUT2D eigenvalue weighted by Gasteiger charge is 2.45. The van der Waals surface area contributed by atoms with Gasteiger partial charge in [-0.15, -0.1) is 0 Å². The number of nitrogens with one attached hydrogen (secondary N) is 1. The van der Waals surface area contributed by atoms with E-state index in [2.05, 4.69) is 5.32 Å². The predicted octanol–water partition coefficient (Wildman–Crippen LogP) is 3.70. The summed E-state index contributed by atoms with van der Waals surface area (Å²) in [6.07, 6.45) is 1.88. The highest BCUT2D eigenvalue weighted by molar-refractivity contribution is 6.15. The molecule has 6 nitrogen and oxygen atoms in total. The molecule has 29 heavy (non-hydrogen) atoms. The van der Waals surface area contributed by atoms with Crippen LogP contribution in [-0.4, -0.2) is 29.4 Å². The summed E-state index contributed by atoms with van der Waals surface area (Å²) in [5.41, 5.74) is 1.93. The van der Waals surface area contributed by atoms with Crippen molar-refractivity contribution in [2.24, 2.45) is 0 Å². The minimum atomic E-state index is -1.12. The third kappa shape index (κ3) is 4.21. The number of amides is 2. The molecule has 0 bridgehead atoms. The van der Waals surface area contributed by atoms with Crippen LogP contribution >= 0.6 is 0 Å². The Balaban J connectivity index is 1.77. The molecule has 3 rings (SSSR count). The van der Waals surface area contributed by atoms with Crippen molar-refractivity contribution < 1.29 is 19.1 Å². The van der Waals surface area contributed by atoms with Crippen LogP contribution in [0.2, 0.25) is 0 Å². The SMILES string of the molecule is Cc1cccc(/C=C/C(=O)O[C@@H](C)C(=O)N2c3ccccc3NC(=O)C2(C)C)c1. The van der Waals surface area contributed by atoms with Crippen LogP contribution in [0, 0.1) is 6.92 Å². The van der Waals surface area contributed by atoms with E-state index in [1.165, 1.54) is 17.9 Å². The Bertz CT molecular complexity index is 994. The van der Waals surface area contributed by atoms with E-state index < -0.39 is 23.5 Å². The summed E-state index contributed by atoms with van der Waals surface area (Å²) in [6, 6.07) is 14.7. The number of para-hydroxylation sites is 2. The summed E-state index contributed by atoms with van der Waals surface area (Å²) in [4.78, 5) is 39.2. The molecular weight excluding hydrogens is 368 g/mol. The van der Waals surface area contributed by atoms with Crippen LogP contribution in [0.3, 0.4) is 0 Å². The van der Waals surface area contributed by atoms with Crippen molar-refractivity contribution in [3.63, 3.8) is 0 Å². The van der Waals surface area contributed by atoms with Crippen LogP contribution in [0.5, 0.6) is 0 Å². The molecule has 0 saturated heterocycles. The smallest absolute Gasteiger partial charge is 0.331 e. The van der Waals surface area contributed by atoms with Crippen LogP contribution in [0.15, 0.2) is 54.6 Å². The second-order valence-corrected chi connectivity index (χ2v) is 7.53. The summed E-state index contributed by atoms with van der Waals surface area (Å²) in [5.74, 6) is -1.39. The molecule has 0 spiro atoms. The van der Waals surface area contributed by atoms with E-state index in [1.54, 1.807) is 44.2 Å². The molecule has 0 saturated carbocycles. The zero-order valence-corrected chi connectivity index (χ0v) is 16.9. The van der Waals surface area contributed by atoms with Gasteiger partial charge in [0.05, 0.1) is 11.4 Å². The summed E-state index contributed by atoms with van der Waals surface area (Å²) in [7, 11) is 0. The van der Waals surface area contributed by atoms with Gasteiger partial charge < -0.3 is 10.1 Å². The average Bonchev–Trinajstić information content (AvgIpc) is 2.67. The third-order valence-electron chi connectivity index (χ3n) is 4.82. The van der Waals surface area contributed by atoms with Crippen molar-refractivity contribution in [2.45, 2.75) is 39.3 Å². The maximum atomic E-state index is 13.1. The van der Waals surface area contributed by atoms with E-state index in [4.69, 9.17) is 4.74 Å². The van der Waals surface area contributed by atoms with Crippen molar-refractivity contribution >= 4 is 35.2 Å². The second kappa shape index (κ2) is 7.91. The Kier molecular flexibility index (Phi) is 5.55. The zero-order chi connectivity index (χ0) is 21.2. The lowest BCUT2D eigenvalue weighted by Crippen LogP contribution is -2.60. The number of hydrogen-bond donors (Lipinski definition) is 1. The standard InChI is InChI=1S/C23H24N2O4/c1-15-8-7-9-17(14-15)12-13-20(26)29-16(2)21(27)25-19-11-6-5-10-18(19)24-22(28)23(25,3)4/h5-14,16H,1-4H3,(H,24,28)/b13-12+/t16-/m0/s1. The van der Waals surface area contributed by atoms with E-state index in [1.807, 2.05) is 31.2 Å². The molecule has 2 aromatic rings. The van der Waals surface area contributed by atoms with Gasteiger partial charge in [-0.25, -0.2) is 4.79 Å².